The Hall–Kier alpha value is -3.22. The summed E-state index contributed by atoms with van der Waals surface area (Å²) < 4.78 is 26.2. The summed E-state index contributed by atoms with van der Waals surface area (Å²) in [5.41, 5.74) is 1.66. The number of carbonyl (C=O) groups is 2. The number of amides is 3. The summed E-state index contributed by atoms with van der Waals surface area (Å²) in [6, 6.07) is 9.68. The van der Waals surface area contributed by atoms with Crippen LogP contribution < -0.4 is 16.0 Å². The highest BCUT2D eigenvalue weighted by molar-refractivity contribution is 6.06. The molecule has 2 aromatic carbocycles. The van der Waals surface area contributed by atoms with Crippen LogP contribution in [0.15, 0.2) is 59.8 Å². The van der Waals surface area contributed by atoms with Crippen LogP contribution >= 0.6 is 0 Å². The normalized spacial score (nSPS) is 16.9. The van der Waals surface area contributed by atoms with E-state index in [9.17, 15) is 18.4 Å². The number of allylic oxidation sites excluding steroid dienone is 1. The number of anilines is 1. The van der Waals surface area contributed by atoms with Gasteiger partial charge in [0.15, 0.2) is 0 Å². The summed E-state index contributed by atoms with van der Waals surface area (Å²) in [6.07, 6.45) is 0. The lowest BCUT2D eigenvalue weighted by Crippen LogP contribution is -2.45. The first-order chi connectivity index (χ1) is 11.9. The van der Waals surface area contributed by atoms with E-state index in [0.717, 1.165) is 0 Å². The molecule has 1 heterocycles. The molecule has 5 nitrogen and oxygen atoms in total. The first-order valence-electron chi connectivity index (χ1n) is 7.54. The quantitative estimate of drug-likeness (QED) is 0.801. The first-order valence-corrected chi connectivity index (χ1v) is 7.54. The minimum absolute atomic E-state index is 0.288. The van der Waals surface area contributed by atoms with E-state index in [1.54, 1.807) is 6.92 Å². The Balaban J connectivity index is 1.92. The number of hydrogen-bond donors (Lipinski definition) is 3. The molecule has 7 heteroatoms. The highest BCUT2D eigenvalue weighted by Crippen LogP contribution is 2.28. The van der Waals surface area contributed by atoms with Gasteiger partial charge in [0.05, 0.1) is 11.6 Å². The molecule has 0 aromatic heterocycles. The predicted molar refractivity (Wildman–Crippen MR) is 88.5 cm³/mol. The molecular formula is C18H15F2N3O2. The zero-order chi connectivity index (χ0) is 18.0. The van der Waals surface area contributed by atoms with Crippen LogP contribution in [0.5, 0.6) is 0 Å². The smallest absolute Gasteiger partial charge is 0.319 e. The topological polar surface area (TPSA) is 70.2 Å². The first kappa shape index (κ1) is 16.6. The van der Waals surface area contributed by atoms with Crippen LogP contribution in [-0.4, -0.2) is 11.9 Å². The molecule has 1 aliphatic rings. The third-order valence-electron chi connectivity index (χ3n) is 3.82. The Morgan fingerprint density at radius 1 is 1.00 bits per heavy atom. The molecular weight excluding hydrogens is 328 g/mol. The van der Waals surface area contributed by atoms with Crippen molar-refractivity contribution in [3.63, 3.8) is 0 Å². The molecule has 1 unspecified atom stereocenters. The van der Waals surface area contributed by atoms with Gasteiger partial charge < -0.3 is 16.0 Å². The SMILES string of the molecule is CC1=C(C(=O)Nc2ccc(F)cc2)C(c2ccc(F)cc2)NC(=O)N1. The van der Waals surface area contributed by atoms with Gasteiger partial charge in [-0.2, -0.15) is 0 Å². The fourth-order valence-electron chi connectivity index (χ4n) is 2.63. The molecule has 3 amide bonds. The number of nitrogens with one attached hydrogen (secondary N) is 3. The average Bonchev–Trinajstić information content (AvgIpc) is 2.57. The van der Waals surface area contributed by atoms with Crippen molar-refractivity contribution in [3.8, 4) is 0 Å². The number of halogens is 2. The molecule has 0 spiro atoms. The fourth-order valence-corrected chi connectivity index (χ4v) is 2.63. The van der Waals surface area contributed by atoms with Crippen LogP contribution in [0.2, 0.25) is 0 Å². The second-order valence-electron chi connectivity index (χ2n) is 5.58. The van der Waals surface area contributed by atoms with Crippen LogP contribution in [0.1, 0.15) is 18.5 Å². The monoisotopic (exact) mass is 343 g/mol. The minimum atomic E-state index is -0.727. The molecule has 3 N–H and O–H groups in total. The zero-order valence-electron chi connectivity index (χ0n) is 13.3. The van der Waals surface area contributed by atoms with E-state index < -0.39 is 29.6 Å². The fraction of sp³-hybridized carbons (Fsp3) is 0.111. The van der Waals surface area contributed by atoms with E-state index in [1.807, 2.05) is 0 Å². The second-order valence-corrected chi connectivity index (χ2v) is 5.58. The maximum absolute atomic E-state index is 13.2. The highest BCUT2D eigenvalue weighted by Gasteiger charge is 2.31. The molecule has 0 radical (unpaired) electrons. The number of carbonyl (C=O) groups excluding carboxylic acids is 2. The molecule has 25 heavy (non-hydrogen) atoms. The van der Waals surface area contributed by atoms with Crippen LogP contribution in [0.3, 0.4) is 0 Å². The molecule has 0 saturated carbocycles. The number of hydrogen-bond acceptors (Lipinski definition) is 2. The van der Waals surface area contributed by atoms with Gasteiger partial charge in [-0.1, -0.05) is 12.1 Å². The van der Waals surface area contributed by atoms with Crippen LogP contribution in [0, 0.1) is 11.6 Å². The summed E-state index contributed by atoms with van der Waals surface area (Å²) in [7, 11) is 0. The van der Waals surface area contributed by atoms with Gasteiger partial charge in [-0.25, -0.2) is 13.6 Å². The van der Waals surface area contributed by atoms with Crippen LogP contribution in [-0.2, 0) is 4.79 Å². The van der Waals surface area contributed by atoms with Crippen molar-refractivity contribution >= 4 is 17.6 Å². The Morgan fingerprint density at radius 2 is 1.56 bits per heavy atom. The molecule has 2 aromatic rings. The highest BCUT2D eigenvalue weighted by atomic mass is 19.1. The van der Waals surface area contributed by atoms with Gasteiger partial charge in [0.25, 0.3) is 5.91 Å². The standard InChI is InChI=1S/C18H15F2N3O2/c1-10-15(17(24)22-14-8-6-13(20)7-9-14)16(23-18(25)21-10)11-2-4-12(19)5-3-11/h2-9,16H,1H3,(H,22,24)(H2,21,23,25). The van der Waals surface area contributed by atoms with Crippen LogP contribution in [0.4, 0.5) is 19.3 Å². The van der Waals surface area contributed by atoms with E-state index >= 15 is 0 Å². The van der Waals surface area contributed by atoms with E-state index in [2.05, 4.69) is 16.0 Å². The maximum atomic E-state index is 13.2. The lowest BCUT2D eigenvalue weighted by atomic mass is 9.95. The largest absolute Gasteiger partial charge is 0.327 e. The van der Waals surface area contributed by atoms with Crippen molar-refractivity contribution < 1.29 is 18.4 Å². The van der Waals surface area contributed by atoms with Gasteiger partial charge in [-0.3, -0.25) is 4.79 Å². The summed E-state index contributed by atoms with van der Waals surface area (Å²) in [6.45, 7) is 1.61. The van der Waals surface area contributed by atoms with E-state index in [1.165, 1.54) is 48.5 Å². The van der Waals surface area contributed by atoms with Crippen molar-refractivity contribution in [1.82, 2.24) is 10.6 Å². The summed E-state index contributed by atoms with van der Waals surface area (Å²) in [5.74, 6) is -1.28. The number of rotatable bonds is 3. The Bertz CT molecular complexity index is 846. The molecule has 0 fully saturated rings. The lowest BCUT2D eigenvalue weighted by Gasteiger charge is -2.28. The van der Waals surface area contributed by atoms with Crippen molar-refractivity contribution in [3.05, 3.63) is 77.0 Å². The summed E-state index contributed by atoms with van der Waals surface area (Å²) in [5, 5.41) is 7.87. The van der Waals surface area contributed by atoms with E-state index in [4.69, 9.17) is 0 Å². The zero-order valence-corrected chi connectivity index (χ0v) is 13.3. The van der Waals surface area contributed by atoms with Gasteiger partial charge in [-0.05, 0) is 48.9 Å². The predicted octanol–water partition coefficient (Wildman–Crippen LogP) is 3.23. The van der Waals surface area contributed by atoms with Gasteiger partial charge in [-0.15, -0.1) is 0 Å². The average molecular weight is 343 g/mol. The molecule has 1 aliphatic heterocycles. The van der Waals surface area contributed by atoms with Crippen molar-refractivity contribution in [2.75, 3.05) is 5.32 Å². The van der Waals surface area contributed by atoms with Gasteiger partial charge >= 0.3 is 6.03 Å². The van der Waals surface area contributed by atoms with Gasteiger partial charge in [0, 0.05) is 11.4 Å². The molecule has 1 atom stereocenters. The van der Waals surface area contributed by atoms with E-state index in [-0.39, 0.29) is 5.57 Å². The molecule has 0 saturated heterocycles. The molecule has 3 rings (SSSR count). The summed E-state index contributed by atoms with van der Waals surface area (Å²) in [4.78, 5) is 24.5. The van der Waals surface area contributed by atoms with Gasteiger partial charge in [0.1, 0.15) is 11.6 Å². The summed E-state index contributed by atoms with van der Waals surface area (Å²) >= 11 is 0. The minimum Gasteiger partial charge on any atom is -0.327 e. The molecule has 0 bridgehead atoms. The molecule has 128 valence electrons. The Kier molecular flexibility index (Phi) is 4.47. The molecule has 0 aliphatic carbocycles. The number of urea groups is 1. The Morgan fingerprint density at radius 3 is 2.16 bits per heavy atom. The van der Waals surface area contributed by atoms with Crippen molar-refractivity contribution in [1.29, 1.82) is 0 Å². The third kappa shape index (κ3) is 3.65. The lowest BCUT2D eigenvalue weighted by molar-refractivity contribution is -0.113. The second kappa shape index (κ2) is 6.72. The number of benzene rings is 2. The van der Waals surface area contributed by atoms with Crippen LogP contribution in [0.25, 0.3) is 0 Å². The van der Waals surface area contributed by atoms with E-state index in [0.29, 0.717) is 16.9 Å². The Labute approximate surface area is 142 Å². The third-order valence-corrected chi connectivity index (χ3v) is 3.82. The maximum Gasteiger partial charge on any atom is 0.319 e. The van der Waals surface area contributed by atoms with Crippen molar-refractivity contribution in [2.45, 2.75) is 13.0 Å². The van der Waals surface area contributed by atoms with Crippen molar-refractivity contribution in [2.24, 2.45) is 0 Å². The van der Waals surface area contributed by atoms with Gasteiger partial charge in [0.2, 0.25) is 0 Å².